The smallest absolute Gasteiger partial charge is 0.241 e. The van der Waals surface area contributed by atoms with E-state index in [4.69, 9.17) is 10.00 Å². The fraction of sp³-hybridized carbons (Fsp3) is 0.241. The molecule has 0 radical (unpaired) electrons. The van der Waals surface area contributed by atoms with Gasteiger partial charge in [-0.05, 0) is 36.7 Å². The Balaban J connectivity index is 0.000000494. The lowest BCUT2D eigenvalue weighted by Crippen LogP contribution is -2.40. The van der Waals surface area contributed by atoms with E-state index in [0.717, 1.165) is 29.8 Å². The molecule has 3 N–H and O–H groups in total. The van der Waals surface area contributed by atoms with Gasteiger partial charge in [-0.25, -0.2) is 4.98 Å². The van der Waals surface area contributed by atoms with E-state index in [1.807, 2.05) is 72.9 Å². The second kappa shape index (κ2) is 13.6. The van der Waals surface area contributed by atoms with E-state index in [2.05, 4.69) is 32.1 Å². The monoisotopic (exact) mass is 509 g/mol. The number of amides is 1. The molecule has 1 aliphatic rings. The molecule has 0 saturated heterocycles. The summed E-state index contributed by atoms with van der Waals surface area (Å²) in [6.45, 7) is 2.39. The van der Waals surface area contributed by atoms with Crippen molar-refractivity contribution in [1.82, 2.24) is 25.4 Å². The summed E-state index contributed by atoms with van der Waals surface area (Å²) in [7, 11) is 1.60. The maximum absolute atomic E-state index is 11.5. The second-order valence-electron chi connectivity index (χ2n) is 8.71. The topological polar surface area (TPSA) is 117 Å². The first-order chi connectivity index (χ1) is 18.6. The molecule has 1 unspecified atom stereocenters. The maximum atomic E-state index is 11.5. The average molecular weight is 510 g/mol. The summed E-state index contributed by atoms with van der Waals surface area (Å²) in [4.78, 5) is 16.0. The first kappa shape index (κ1) is 26.4. The van der Waals surface area contributed by atoms with Crippen LogP contribution in [0.15, 0.2) is 85.3 Å². The number of nitrogens with one attached hydrogen (secondary N) is 3. The Kier molecular flexibility index (Phi) is 9.43. The van der Waals surface area contributed by atoms with E-state index in [1.54, 1.807) is 24.1 Å². The van der Waals surface area contributed by atoms with Crippen LogP contribution in [0.4, 0.5) is 5.69 Å². The largest absolute Gasteiger partial charge is 0.470 e. The normalized spacial score (nSPS) is 13.5. The summed E-state index contributed by atoms with van der Waals surface area (Å²) >= 11 is 0. The van der Waals surface area contributed by atoms with Gasteiger partial charge in [0.2, 0.25) is 11.8 Å². The van der Waals surface area contributed by atoms with Crippen LogP contribution >= 0.6 is 0 Å². The molecule has 0 bridgehead atoms. The summed E-state index contributed by atoms with van der Waals surface area (Å²) < 4.78 is 7.63. The molecular weight excluding hydrogens is 478 g/mol. The van der Waals surface area contributed by atoms with Crippen LogP contribution in [0.25, 0.3) is 11.1 Å². The first-order valence-corrected chi connectivity index (χ1v) is 12.5. The van der Waals surface area contributed by atoms with Crippen molar-refractivity contribution in [3.8, 4) is 23.1 Å². The molecule has 5 rings (SSSR count). The number of hydrogen-bond acceptors (Lipinski definition) is 7. The van der Waals surface area contributed by atoms with Crippen molar-refractivity contribution >= 4 is 11.6 Å². The fourth-order valence-electron chi connectivity index (χ4n) is 3.82. The minimum Gasteiger partial charge on any atom is -0.470 e. The summed E-state index contributed by atoms with van der Waals surface area (Å²) in [5.41, 5.74) is 4.50. The Bertz CT molecular complexity index is 1320. The molecule has 0 aliphatic carbocycles. The van der Waals surface area contributed by atoms with E-state index < -0.39 is 0 Å². The number of pyridine rings is 1. The molecule has 4 aromatic rings. The molecule has 1 atom stereocenters. The third kappa shape index (κ3) is 7.66. The van der Waals surface area contributed by atoms with Crippen molar-refractivity contribution in [2.45, 2.75) is 19.1 Å². The van der Waals surface area contributed by atoms with Crippen LogP contribution < -0.4 is 20.7 Å². The number of hydrogen-bond donors (Lipinski definition) is 3. The van der Waals surface area contributed by atoms with Crippen LogP contribution in [0.2, 0.25) is 0 Å². The van der Waals surface area contributed by atoms with Crippen LogP contribution in [0.5, 0.6) is 5.88 Å². The number of rotatable bonds is 8. The second-order valence-corrected chi connectivity index (χ2v) is 8.71. The van der Waals surface area contributed by atoms with Crippen LogP contribution in [0, 0.1) is 11.3 Å². The van der Waals surface area contributed by atoms with Crippen LogP contribution in [0.3, 0.4) is 0 Å². The van der Waals surface area contributed by atoms with Gasteiger partial charge in [0.25, 0.3) is 0 Å². The molecule has 0 saturated carbocycles. The lowest BCUT2D eigenvalue weighted by Gasteiger charge is -2.27. The molecule has 1 aliphatic heterocycles. The third-order valence-electron chi connectivity index (χ3n) is 5.91. The van der Waals surface area contributed by atoms with Gasteiger partial charge in [0.1, 0.15) is 12.6 Å². The SMILES string of the molecule is CNC(=O)Cn1cc(-c2cnc3c(c2)NCC(CNCCc2ccc(C#N)cc2)O3)cn1.c1ccccc1. The summed E-state index contributed by atoms with van der Waals surface area (Å²) in [6, 6.07) is 23.8. The number of anilines is 1. The van der Waals surface area contributed by atoms with Crippen molar-refractivity contribution in [2.24, 2.45) is 0 Å². The van der Waals surface area contributed by atoms with E-state index in [1.165, 1.54) is 5.56 Å². The predicted octanol–water partition coefficient (Wildman–Crippen LogP) is 3.25. The van der Waals surface area contributed by atoms with Gasteiger partial charge >= 0.3 is 0 Å². The molecule has 2 aromatic heterocycles. The van der Waals surface area contributed by atoms with Gasteiger partial charge in [-0.2, -0.15) is 10.4 Å². The zero-order chi connectivity index (χ0) is 26.6. The molecular formula is C29H31N7O2. The standard InChI is InChI=1S/C23H25N7O2.C6H6/c1-25-22(31)15-30-14-19(11-29-30)18-8-21-23(28-10-18)32-20(13-27-21)12-26-7-6-16-2-4-17(9-24)5-3-16;1-2-4-6-5-3-1/h2-5,8,10-11,14,20,26-27H,6-7,12-13,15H2,1H3,(H,25,31);1-6H. The number of aromatic nitrogens is 3. The number of likely N-dealkylation sites (N-methyl/N-ethyl adjacent to an activating group) is 1. The predicted molar refractivity (Wildman–Crippen MR) is 147 cm³/mol. The van der Waals surface area contributed by atoms with Crippen molar-refractivity contribution in [2.75, 3.05) is 32.0 Å². The van der Waals surface area contributed by atoms with E-state index >= 15 is 0 Å². The number of nitrogens with zero attached hydrogens (tertiary/aromatic N) is 4. The highest BCUT2D eigenvalue weighted by Gasteiger charge is 2.21. The minimum absolute atomic E-state index is 0.0166. The van der Waals surface area contributed by atoms with Gasteiger partial charge < -0.3 is 20.7 Å². The number of nitriles is 1. The molecule has 9 nitrogen and oxygen atoms in total. The lowest BCUT2D eigenvalue weighted by molar-refractivity contribution is -0.121. The molecule has 9 heteroatoms. The Morgan fingerprint density at radius 2 is 1.87 bits per heavy atom. The van der Waals surface area contributed by atoms with Gasteiger partial charge in [-0.15, -0.1) is 0 Å². The fourth-order valence-corrected chi connectivity index (χ4v) is 3.82. The van der Waals surface area contributed by atoms with Gasteiger partial charge in [0.15, 0.2) is 0 Å². The highest BCUT2D eigenvalue weighted by atomic mass is 16.5. The Hall–Kier alpha value is -4.68. The molecule has 1 amide bonds. The van der Waals surface area contributed by atoms with E-state index in [-0.39, 0.29) is 18.6 Å². The Morgan fingerprint density at radius 1 is 1.13 bits per heavy atom. The van der Waals surface area contributed by atoms with Gasteiger partial charge in [0, 0.05) is 37.1 Å². The number of fused-ring (bicyclic) bond motifs is 1. The Labute approximate surface area is 222 Å². The minimum atomic E-state index is -0.102. The number of carbonyl (C=O) groups excluding carboxylic acids is 1. The number of carbonyl (C=O) groups is 1. The maximum Gasteiger partial charge on any atom is 0.241 e. The van der Waals surface area contributed by atoms with Crippen LogP contribution in [-0.2, 0) is 17.8 Å². The summed E-state index contributed by atoms with van der Waals surface area (Å²) in [6.07, 6.45) is 6.16. The lowest BCUT2D eigenvalue weighted by atomic mass is 10.1. The first-order valence-electron chi connectivity index (χ1n) is 12.5. The summed E-state index contributed by atoms with van der Waals surface area (Å²) in [5.74, 6) is 0.478. The zero-order valence-electron chi connectivity index (χ0n) is 21.3. The third-order valence-corrected chi connectivity index (χ3v) is 5.91. The molecule has 38 heavy (non-hydrogen) atoms. The highest BCUT2D eigenvalue weighted by Crippen LogP contribution is 2.31. The quantitative estimate of drug-likeness (QED) is 0.312. The van der Waals surface area contributed by atoms with Gasteiger partial charge in [0.05, 0.1) is 30.1 Å². The van der Waals surface area contributed by atoms with E-state index in [9.17, 15) is 4.79 Å². The summed E-state index contributed by atoms with van der Waals surface area (Å²) in [5, 5.41) is 22.5. The zero-order valence-corrected chi connectivity index (χ0v) is 21.3. The average Bonchev–Trinajstić information content (AvgIpc) is 3.45. The van der Waals surface area contributed by atoms with Crippen molar-refractivity contribution < 1.29 is 9.53 Å². The molecule has 2 aromatic carbocycles. The molecule has 3 heterocycles. The van der Waals surface area contributed by atoms with Crippen molar-refractivity contribution in [3.63, 3.8) is 0 Å². The van der Waals surface area contributed by atoms with Crippen LogP contribution in [0.1, 0.15) is 11.1 Å². The highest BCUT2D eigenvalue weighted by molar-refractivity contribution is 5.75. The molecule has 0 spiro atoms. The van der Waals surface area contributed by atoms with Crippen LogP contribution in [-0.4, -0.2) is 53.5 Å². The number of ether oxygens (including phenoxy) is 1. The van der Waals surface area contributed by atoms with Gasteiger partial charge in [-0.1, -0.05) is 48.5 Å². The van der Waals surface area contributed by atoms with Crippen molar-refractivity contribution in [3.05, 3.63) is 96.4 Å². The van der Waals surface area contributed by atoms with E-state index in [0.29, 0.717) is 24.5 Å². The van der Waals surface area contributed by atoms with Crippen molar-refractivity contribution in [1.29, 1.82) is 5.26 Å². The van der Waals surface area contributed by atoms with Gasteiger partial charge in [-0.3, -0.25) is 9.48 Å². The molecule has 0 fully saturated rings. The molecule has 194 valence electrons. The Morgan fingerprint density at radius 3 is 2.55 bits per heavy atom. The number of benzene rings is 2.